The molecule has 0 radical (unpaired) electrons. The van der Waals surface area contributed by atoms with Crippen molar-refractivity contribution < 1.29 is 5.11 Å². The number of nitrogens with zero attached hydrogens (tertiary/aromatic N) is 3. The zero-order valence-electron chi connectivity index (χ0n) is 13.2. The molecule has 0 bridgehead atoms. The summed E-state index contributed by atoms with van der Waals surface area (Å²) < 4.78 is 1.81. The number of aliphatic hydroxyl groups is 1. The van der Waals surface area contributed by atoms with Crippen molar-refractivity contribution in [2.24, 2.45) is 5.92 Å². The Kier molecular flexibility index (Phi) is 4.43. The lowest BCUT2D eigenvalue weighted by molar-refractivity contribution is 0.105. The fourth-order valence-electron chi connectivity index (χ4n) is 3.21. The second-order valence-corrected chi connectivity index (χ2v) is 7.73. The van der Waals surface area contributed by atoms with E-state index in [1.165, 1.54) is 6.42 Å². The van der Waals surface area contributed by atoms with Crippen molar-refractivity contribution in [3.63, 3.8) is 0 Å². The molecule has 2 unspecified atom stereocenters. The predicted molar refractivity (Wildman–Crippen MR) is 97.8 cm³/mol. The molecule has 1 aliphatic carbocycles. The van der Waals surface area contributed by atoms with Crippen molar-refractivity contribution in [3.8, 4) is 11.3 Å². The highest BCUT2D eigenvalue weighted by atomic mass is 35.5. The highest BCUT2D eigenvalue weighted by Crippen LogP contribution is 2.27. The van der Waals surface area contributed by atoms with Crippen molar-refractivity contribution >= 4 is 33.0 Å². The Balaban J connectivity index is 1.44. The maximum Gasteiger partial charge on any atom is 0.214 e. The molecule has 24 heavy (non-hydrogen) atoms. The maximum absolute atomic E-state index is 9.75. The molecule has 3 aromatic rings. The number of aromatic nitrogens is 3. The zero-order chi connectivity index (χ0) is 16.5. The monoisotopic (exact) mass is 362 g/mol. The predicted octanol–water partition coefficient (Wildman–Crippen LogP) is 4.07. The Morgan fingerprint density at radius 1 is 1.29 bits per heavy atom. The van der Waals surface area contributed by atoms with Crippen molar-refractivity contribution in [1.29, 1.82) is 0 Å². The van der Waals surface area contributed by atoms with E-state index in [4.69, 9.17) is 11.6 Å². The van der Waals surface area contributed by atoms with Crippen molar-refractivity contribution in [2.45, 2.75) is 31.8 Å². The standard InChI is InChI=1S/C17H19ClN4OS/c18-13-6-4-12(5-7-13)15-10-22-17(20-15)24-16(21-22)19-9-11-2-1-3-14(23)8-11/h4-7,10-11,14,23H,1-3,8-9H2,(H,19,21). The van der Waals surface area contributed by atoms with Crippen LogP contribution in [0, 0.1) is 5.92 Å². The number of rotatable bonds is 4. The van der Waals surface area contributed by atoms with Gasteiger partial charge in [-0.25, -0.2) is 9.50 Å². The van der Waals surface area contributed by atoms with Gasteiger partial charge in [0.1, 0.15) is 0 Å². The number of hydrogen-bond donors (Lipinski definition) is 2. The third-order valence-corrected chi connectivity index (χ3v) is 5.61. The van der Waals surface area contributed by atoms with Gasteiger partial charge in [0.25, 0.3) is 0 Å². The van der Waals surface area contributed by atoms with Gasteiger partial charge in [0.05, 0.1) is 18.0 Å². The minimum Gasteiger partial charge on any atom is -0.393 e. The van der Waals surface area contributed by atoms with Crippen LogP contribution < -0.4 is 5.32 Å². The van der Waals surface area contributed by atoms with Gasteiger partial charge in [-0.1, -0.05) is 41.5 Å². The third-order valence-electron chi connectivity index (χ3n) is 4.48. The quantitative estimate of drug-likeness (QED) is 0.734. The largest absolute Gasteiger partial charge is 0.393 e. The summed E-state index contributed by atoms with van der Waals surface area (Å²) >= 11 is 7.47. The molecule has 2 N–H and O–H groups in total. The summed E-state index contributed by atoms with van der Waals surface area (Å²) in [4.78, 5) is 5.50. The van der Waals surface area contributed by atoms with Crippen LogP contribution in [0.15, 0.2) is 30.5 Å². The van der Waals surface area contributed by atoms with Crippen molar-refractivity contribution in [2.75, 3.05) is 11.9 Å². The van der Waals surface area contributed by atoms with Gasteiger partial charge in [-0.2, -0.15) is 0 Å². The summed E-state index contributed by atoms with van der Waals surface area (Å²) in [5, 5.41) is 19.3. The summed E-state index contributed by atoms with van der Waals surface area (Å²) in [7, 11) is 0. The fraction of sp³-hybridized carbons (Fsp3) is 0.412. The molecule has 7 heteroatoms. The Morgan fingerprint density at radius 2 is 2.12 bits per heavy atom. The van der Waals surface area contributed by atoms with E-state index >= 15 is 0 Å². The first kappa shape index (κ1) is 15.9. The number of hydrogen-bond acceptors (Lipinski definition) is 5. The molecule has 1 fully saturated rings. The van der Waals surface area contributed by atoms with Gasteiger partial charge in [-0.3, -0.25) is 0 Å². The summed E-state index contributed by atoms with van der Waals surface area (Å²) in [6, 6.07) is 7.65. The SMILES string of the molecule is OC1CCCC(CNc2nn3cc(-c4ccc(Cl)cc4)nc3s2)C1. The van der Waals surface area contributed by atoms with Crippen molar-refractivity contribution in [3.05, 3.63) is 35.5 Å². The van der Waals surface area contributed by atoms with E-state index in [1.54, 1.807) is 11.3 Å². The molecule has 2 aromatic heterocycles. The first-order valence-electron chi connectivity index (χ1n) is 8.21. The topological polar surface area (TPSA) is 62.5 Å². The van der Waals surface area contributed by atoms with E-state index in [0.29, 0.717) is 5.92 Å². The Labute approximate surface area is 149 Å². The molecular weight excluding hydrogens is 344 g/mol. The number of fused-ring (bicyclic) bond motifs is 1. The highest BCUT2D eigenvalue weighted by molar-refractivity contribution is 7.20. The van der Waals surface area contributed by atoms with E-state index in [-0.39, 0.29) is 6.10 Å². The smallest absolute Gasteiger partial charge is 0.214 e. The molecule has 4 rings (SSSR count). The average Bonchev–Trinajstić information content (AvgIpc) is 3.12. The molecule has 0 saturated heterocycles. The molecular formula is C17H19ClN4OS. The molecule has 5 nitrogen and oxygen atoms in total. The van der Waals surface area contributed by atoms with Crippen molar-refractivity contribution in [1.82, 2.24) is 14.6 Å². The molecule has 0 aliphatic heterocycles. The van der Waals surface area contributed by atoms with Crippen LogP contribution in [-0.4, -0.2) is 32.4 Å². The number of nitrogens with one attached hydrogen (secondary N) is 1. The number of aliphatic hydroxyl groups excluding tert-OH is 1. The summed E-state index contributed by atoms with van der Waals surface area (Å²) in [6.45, 7) is 0.859. The second-order valence-electron chi connectivity index (χ2n) is 6.33. The van der Waals surface area contributed by atoms with Crippen LogP contribution in [0.25, 0.3) is 16.2 Å². The Hall–Kier alpha value is -1.63. The minimum atomic E-state index is -0.138. The van der Waals surface area contributed by atoms with Crippen LogP contribution in [0.3, 0.4) is 0 Å². The van der Waals surface area contributed by atoms with E-state index in [2.05, 4.69) is 15.4 Å². The van der Waals surface area contributed by atoms with Crippen LogP contribution >= 0.6 is 22.9 Å². The Morgan fingerprint density at radius 3 is 2.88 bits per heavy atom. The van der Waals surface area contributed by atoms with E-state index in [9.17, 15) is 5.11 Å². The van der Waals surface area contributed by atoms with Crippen LogP contribution in [-0.2, 0) is 0 Å². The molecule has 1 aromatic carbocycles. The van der Waals surface area contributed by atoms with Crippen LogP contribution in [0.2, 0.25) is 5.02 Å². The third kappa shape index (κ3) is 3.41. The molecule has 2 atom stereocenters. The summed E-state index contributed by atoms with van der Waals surface area (Å²) in [5.41, 5.74) is 1.93. The van der Waals surface area contributed by atoms with Gasteiger partial charge in [0, 0.05) is 17.1 Å². The number of imidazole rings is 1. The van der Waals surface area contributed by atoms with Gasteiger partial charge in [0.2, 0.25) is 10.1 Å². The van der Waals surface area contributed by atoms with Gasteiger partial charge < -0.3 is 10.4 Å². The molecule has 1 aliphatic rings. The molecule has 0 amide bonds. The lowest BCUT2D eigenvalue weighted by Gasteiger charge is -2.25. The molecule has 1 saturated carbocycles. The summed E-state index contributed by atoms with van der Waals surface area (Å²) in [5.74, 6) is 0.523. The van der Waals surface area contributed by atoms with Crippen LogP contribution in [0.4, 0.5) is 5.13 Å². The second kappa shape index (κ2) is 6.70. The van der Waals surface area contributed by atoms with Gasteiger partial charge in [-0.15, -0.1) is 5.10 Å². The minimum absolute atomic E-state index is 0.138. The summed E-state index contributed by atoms with van der Waals surface area (Å²) in [6.07, 6.45) is 5.91. The lowest BCUT2D eigenvalue weighted by Crippen LogP contribution is -2.24. The maximum atomic E-state index is 9.75. The number of benzene rings is 1. The van der Waals surface area contributed by atoms with Crippen LogP contribution in [0.1, 0.15) is 25.7 Å². The van der Waals surface area contributed by atoms with Gasteiger partial charge in [0.15, 0.2) is 0 Å². The lowest BCUT2D eigenvalue weighted by atomic mass is 9.87. The molecule has 0 spiro atoms. The van der Waals surface area contributed by atoms with Gasteiger partial charge in [-0.05, 0) is 37.3 Å². The van der Waals surface area contributed by atoms with E-state index in [1.807, 2.05) is 35.0 Å². The molecule has 2 heterocycles. The average molecular weight is 363 g/mol. The first-order valence-corrected chi connectivity index (χ1v) is 9.41. The first-order chi connectivity index (χ1) is 11.7. The number of halogens is 1. The fourth-order valence-corrected chi connectivity index (χ4v) is 4.13. The van der Waals surface area contributed by atoms with Gasteiger partial charge >= 0.3 is 0 Å². The Bertz CT molecular complexity index is 797. The highest BCUT2D eigenvalue weighted by Gasteiger charge is 2.20. The van der Waals surface area contributed by atoms with E-state index in [0.717, 1.165) is 52.2 Å². The zero-order valence-corrected chi connectivity index (χ0v) is 14.7. The van der Waals surface area contributed by atoms with E-state index < -0.39 is 0 Å². The molecule has 126 valence electrons. The van der Waals surface area contributed by atoms with Crippen LogP contribution in [0.5, 0.6) is 0 Å². The number of anilines is 1. The normalized spacial score (nSPS) is 21.2.